The normalized spacial score (nSPS) is 14.4. The fourth-order valence-corrected chi connectivity index (χ4v) is 3.55. The van der Waals surface area contributed by atoms with Gasteiger partial charge in [-0.05, 0) is 55.6 Å². The van der Waals surface area contributed by atoms with E-state index in [1.807, 2.05) is 26.8 Å². The van der Waals surface area contributed by atoms with Gasteiger partial charge in [-0.1, -0.05) is 26.8 Å². The van der Waals surface area contributed by atoms with Crippen LogP contribution in [0.3, 0.4) is 0 Å². The van der Waals surface area contributed by atoms with E-state index in [9.17, 15) is 15.2 Å². The summed E-state index contributed by atoms with van der Waals surface area (Å²) in [7, 11) is 0. The first-order valence-electron chi connectivity index (χ1n) is 10.1. The number of hydrogen-bond acceptors (Lipinski definition) is 7. The number of nitrogens with one attached hydrogen (secondary N) is 1. The van der Waals surface area contributed by atoms with Crippen LogP contribution < -0.4 is 15.8 Å². The number of aromatic hydroxyl groups is 1. The predicted molar refractivity (Wildman–Crippen MR) is 123 cm³/mol. The Morgan fingerprint density at radius 3 is 2.65 bits per heavy atom. The Hall–Kier alpha value is -2.82. The molecule has 1 aromatic carbocycles. The Morgan fingerprint density at radius 1 is 1.35 bits per heavy atom. The van der Waals surface area contributed by atoms with E-state index in [2.05, 4.69) is 16.4 Å². The number of benzene rings is 1. The van der Waals surface area contributed by atoms with Crippen LogP contribution in [0.4, 0.5) is 5.82 Å². The Morgan fingerprint density at radius 2 is 2.03 bits per heavy atom. The van der Waals surface area contributed by atoms with Crippen molar-refractivity contribution in [3.05, 3.63) is 35.4 Å². The molecule has 0 atom stereocenters. The van der Waals surface area contributed by atoms with Crippen molar-refractivity contribution in [2.24, 2.45) is 5.41 Å². The van der Waals surface area contributed by atoms with E-state index in [-0.39, 0.29) is 42.3 Å². The number of Topliss-reactive ketones (excluding diaryl/α,β-unsaturated/α-hetero) is 1. The summed E-state index contributed by atoms with van der Waals surface area (Å²) in [4.78, 5) is 16.7. The molecule has 0 unspecified atom stereocenters. The maximum absolute atomic E-state index is 12.3. The van der Waals surface area contributed by atoms with Gasteiger partial charge in [-0.15, -0.1) is 12.4 Å². The third kappa shape index (κ3) is 5.46. The maximum atomic E-state index is 12.3. The summed E-state index contributed by atoms with van der Waals surface area (Å²) < 4.78 is 5.78. The first kappa shape index (κ1) is 24.4. The van der Waals surface area contributed by atoms with Gasteiger partial charge in [0, 0.05) is 5.41 Å². The van der Waals surface area contributed by atoms with Crippen LogP contribution in [-0.4, -0.2) is 35.6 Å². The van der Waals surface area contributed by atoms with E-state index in [0.717, 1.165) is 31.5 Å². The largest absolute Gasteiger partial charge is 0.507 e. The summed E-state index contributed by atoms with van der Waals surface area (Å²) in [5.41, 5.74) is 7.61. The number of rotatable bonds is 5. The Labute approximate surface area is 189 Å². The zero-order chi connectivity index (χ0) is 21.9. The van der Waals surface area contributed by atoms with Crippen molar-refractivity contribution >= 4 is 24.0 Å². The highest BCUT2D eigenvalue weighted by molar-refractivity contribution is 5.86. The second-order valence-corrected chi connectivity index (χ2v) is 8.61. The number of hydrogen-bond donors (Lipinski definition) is 3. The number of phenols is 1. The van der Waals surface area contributed by atoms with Crippen LogP contribution in [0.25, 0.3) is 11.3 Å². The van der Waals surface area contributed by atoms with Gasteiger partial charge in [0.2, 0.25) is 0 Å². The first-order valence-corrected chi connectivity index (χ1v) is 10.1. The van der Waals surface area contributed by atoms with Gasteiger partial charge in [-0.25, -0.2) is 4.98 Å². The second-order valence-electron chi connectivity index (χ2n) is 8.61. The number of carbonyl (C=O) groups is 1. The number of ketones is 1. The highest BCUT2D eigenvalue weighted by atomic mass is 35.5. The van der Waals surface area contributed by atoms with Crippen LogP contribution in [-0.2, 0) is 4.79 Å². The molecule has 0 saturated carbocycles. The van der Waals surface area contributed by atoms with Crippen LogP contribution in [0.5, 0.6) is 11.5 Å². The molecule has 1 aliphatic heterocycles. The van der Waals surface area contributed by atoms with E-state index in [0.29, 0.717) is 22.6 Å². The van der Waals surface area contributed by atoms with Crippen LogP contribution in [0, 0.1) is 16.7 Å². The number of nitrogens with zero attached hydrogens (tertiary/aromatic N) is 2. The van der Waals surface area contributed by atoms with Gasteiger partial charge >= 0.3 is 0 Å². The number of anilines is 1. The van der Waals surface area contributed by atoms with Crippen LogP contribution in [0.2, 0.25) is 0 Å². The molecule has 0 bridgehead atoms. The van der Waals surface area contributed by atoms with Crippen molar-refractivity contribution in [3.8, 4) is 28.8 Å². The molecule has 8 heteroatoms. The lowest BCUT2D eigenvalue weighted by Gasteiger charge is -2.25. The molecule has 1 fully saturated rings. The number of halogens is 1. The molecule has 0 spiro atoms. The fourth-order valence-electron chi connectivity index (χ4n) is 3.55. The smallest absolute Gasteiger partial charge is 0.175 e. The molecule has 0 radical (unpaired) electrons. The summed E-state index contributed by atoms with van der Waals surface area (Å²) in [6.07, 6.45) is 1.78. The topological polar surface area (TPSA) is 121 Å². The molecule has 3 rings (SSSR count). The van der Waals surface area contributed by atoms with Crippen molar-refractivity contribution < 1.29 is 14.6 Å². The molecule has 0 aliphatic carbocycles. The summed E-state index contributed by atoms with van der Waals surface area (Å²) in [6.45, 7) is 7.11. The Balaban J connectivity index is 0.00000341. The minimum atomic E-state index is -0.531. The number of phenolic OH excluding ortho intramolecular Hbond substituents is 1. The van der Waals surface area contributed by atoms with Gasteiger partial charge in [0.25, 0.3) is 0 Å². The monoisotopic (exact) mass is 444 g/mol. The minimum absolute atomic E-state index is 0. The first-order chi connectivity index (χ1) is 14.2. The molecule has 166 valence electrons. The summed E-state index contributed by atoms with van der Waals surface area (Å²) in [5, 5.41) is 23.5. The molecular formula is C23H29ClN4O3. The number of nitriles is 1. The highest BCUT2D eigenvalue weighted by Crippen LogP contribution is 2.40. The number of carbonyl (C=O) groups excluding carboxylic acids is 1. The average molecular weight is 445 g/mol. The number of nitrogen functional groups attached to an aromatic ring is 1. The lowest BCUT2D eigenvalue weighted by atomic mass is 9.86. The molecule has 2 heterocycles. The zero-order valence-electron chi connectivity index (χ0n) is 18.1. The van der Waals surface area contributed by atoms with Crippen LogP contribution in [0.1, 0.15) is 50.7 Å². The number of ether oxygens (including phenoxy) is 1. The standard InChI is InChI=1S/C23H28N4O3.ClH/c1-23(2,3)20(29)13-30-19-6-4-5-18(28)21(19)17-11-15(14-7-9-26-10-8-14)16(12-24)22(25)27-17;/h4-6,11,14,26,28H,7-10,13H2,1-3H3,(H2,25,27);1H. The molecule has 1 saturated heterocycles. The number of aromatic nitrogens is 1. The van der Waals surface area contributed by atoms with Crippen molar-refractivity contribution in [2.45, 2.75) is 39.5 Å². The van der Waals surface area contributed by atoms with E-state index in [1.54, 1.807) is 12.1 Å². The fraction of sp³-hybridized carbons (Fsp3) is 0.435. The number of pyridine rings is 1. The van der Waals surface area contributed by atoms with Gasteiger partial charge in [0.1, 0.15) is 30.0 Å². The SMILES string of the molecule is CC(C)(C)C(=O)COc1cccc(O)c1-c1cc(C2CCNCC2)c(C#N)c(N)n1.Cl. The molecule has 0 amide bonds. The van der Waals surface area contributed by atoms with E-state index in [1.165, 1.54) is 6.07 Å². The van der Waals surface area contributed by atoms with E-state index >= 15 is 0 Å². The summed E-state index contributed by atoms with van der Waals surface area (Å²) in [6, 6.07) is 8.87. The van der Waals surface area contributed by atoms with Crippen LogP contribution >= 0.6 is 12.4 Å². The van der Waals surface area contributed by atoms with Gasteiger partial charge < -0.3 is 20.9 Å². The van der Waals surface area contributed by atoms with Gasteiger partial charge in [0.05, 0.1) is 16.8 Å². The zero-order valence-corrected chi connectivity index (χ0v) is 18.9. The maximum Gasteiger partial charge on any atom is 0.175 e. The second kappa shape index (κ2) is 9.99. The summed E-state index contributed by atoms with van der Waals surface area (Å²) >= 11 is 0. The predicted octanol–water partition coefficient (Wildman–Crippen LogP) is 3.79. The molecule has 4 N–H and O–H groups in total. The van der Waals surface area contributed by atoms with E-state index in [4.69, 9.17) is 10.5 Å². The lowest BCUT2D eigenvalue weighted by Crippen LogP contribution is -2.27. The molecule has 1 aliphatic rings. The van der Waals surface area contributed by atoms with Gasteiger partial charge in [0.15, 0.2) is 5.78 Å². The van der Waals surface area contributed by atoms with E-state index < -0.39 is 5.41 Å². The molecule has 2 aromatic rings. The lowest BCUT2D eigenvalue weighted by molar-refractivity contribution is -0.128. The number of nitrogens with two attached hydrogens (primary N) is 1. The molecule has 7 nitrogen and oxygen atoms in total. The molecule has 1 aromatic heterocycles. The minimum Gasteiger partial charge on any atom is -0.507 e. The molecular weight excluding hydrogens is 416 g/mol. The Kier molecular flexibility index (Phi) is 7.88. The third-order valence-electron chi connectivity index (χ3n) is 5.42. The highest BCUT2D eigenvalue weighted by Gasteiger charge is 2.25. The molecule has 31 heavy (non-hydrogen) atoms. The van der Waals surface area contributed by atoms with Crippen molar-refractivity contribution in [1.29, 1.82) is 5.26 Å². The van der Waals surface area contributed by atoms with Crippen molar-refractivity contribution in [1.82, 2.24) is 10.3 Å². The van der Waals surface area contributed by atoms with Gasteiger partial charge in [-0.2, -0.15) is 5.26 Å². The number of piperidine rings is 1. The third-order valence-corrected chi connectivity index (χ3v) is 5.42. The summed E-state index contributed by atoms with van der Waals surface area (Å²) in [5.74, 6) is 0.578. The average Bonchev–Trinajstić information content (AvgIpc) is 2.71. The van der Waals surface area contributed by atoms with Gasteiger partial charge in [-0.3, -0.25) is 4.79 Å². The van der Waals surface area contributed by atoms with Crippen molar-refractivity contribution in [3.63, 3.8) is 0 Å². The quantitative estimate of drug-likeness (QED) is 0.641. The van der Waals surface area contributed by atoms with Crippen LogP contribution in [0.15, 0.2) is 24.3 Å². The van der Waals surface area contributed by atoms with Crippen molar-refractivity contribution in [2.75, 3.05) is 25.4 Å². The Bertz CT molecular complexity index is 990.